The standard InChI is InChI=1S/C14H16FN3O3/c1-9(20)14-11-4-3-10(15)7-12(11)18(17-14)6-2-5-16-13(21)8-19/h3-4,7,19H,2,5-6,8H2,1H3,(H,16,21). The molecule has 6 nitrogen and oxygen atoms in total. The molecule has 1 aromatic carbocycles. The van der Waals surface area contributed by atoms with Crippen molar-refractivity contribution in [3.63, 3.8) is 0 Å². The summed E-state index contributed by atoms with van der Waals surface area (Å²) in [7, 11) is 0. The van der Waals surface area contributed by atoms with E-state index >= 15 is 0 Å². The van der Waals surface area contributed by atoms with Crippen LogP contribution in [0.2, 0.25) is 0 Å². The van der Waals surface area contributed by atoms with E-state index in [0.717, 1.165) is 0 Å². The van der Waals surface area contributed by atoms with E-state index in [2.05, 4.69) is 10.4 Å². The van der Waals surface area contributed by atoms with Gasteiger partial charge in [0.1, 0.15) is 18.1 Å². The molecular formula is C14H16FN3O3. The molecule has 0 aliphatic rings. The first-order valence-corrected chi connectivity index (χ1v) is 6.57. The summed E-state index contributed by atoms with van der Waals surface area (Å²) in [5, 5.41) is 15.9. The number of nitrogens with one attached hydrogen (secondary N) is 1. The van der Waals surface area contributed by atoms with Crippen LogP contribution in [0.5, 0.6) is 0 Å². The maximum Gasteiger partial charge on any atom is 0.245 e. The van der Waals surface area contributed by atoms with Gasteiger partial charge in [-0.25, -0.2) is 4.39 Å². The van der Waals surface area contributed by atoms with Crippen LogP contribution in [0.1, 0.15) is 23.8 Å². The maximum atomic E-state index is 13.4. The van der Waals surface area contributed by atoms with Gasteiger partial charge in [-0.2, -0.15) is 5.10 Å². The molecule has 7 heteroatoms. The number of benzene rings is 1. The Kier molecular flexibility index (Phi) is 4.64. The summed E-state index contributed by atoms with van der Waals surface area (Å²) < 4.78 is 14.9. The summed E-state index contributed by atoms with van der Waals surface area (Å²) in [6.07, 6.45) is 0.552. The van der Waals surface area contributed by atoms with Crippen LogP contribution in [0.25, 0.3) is 10.9 Å². The van der Waals surface area contributed by atoms with Crippen LogP contribution in [-0.4, -0.2) is 39.7 Å². The lowest BCUT2D eigenvalue weighted by molar-refractivity contribution is -0.123. The third kappa shape index (κ3) is 3.43. The SMILES string of the molecule is CC(=O)c1nn(CCCNC(=O)CO)c2cc(F)ccc12. The number of aliphatic hydroxyl groups is 1. The second-order valence-corrected chi connectivity index (χ2v) is 4.65. The van der Waals surface area contributed by atoms with Crippen LogP contribution in [-0.2, 0) is 11.3 Å². The number of aromatic nitrogens is 2. The first-order chi connectivity index (χ1) is 10.0. The maximum absolute atomic E-state index is 13.4. The Morgan fingerprint density at radius 1 is 1.43 bits per heavy atom. The molecule has 0 spiro atoms. The van der Waals surface area contributed by atoms with Crippen molar-refractivity contribution in [1.82, 2.24) is 15.1 Å². The van der Waals surface area contributed by atoms with Crippen molar-refractivity contribution in [2.75, 3.05) is 13.2 Å². The Hall–Kier alpha value is -2.28. The molecule has 1 aromatic heterocycles. The minimum absolute atomic E-state index is 0.182. The molecule has 1 heterocycles. The predicted octanol–water partition coefficient (Wildman–Crippen LogP) is 0.877. The molecule has 0 saturated heterocycles. The minimum Gasteiger partial charge on any atom is -0.387 e. The van der Waals surface area contributed by atoms with Gasteiger partial charge in [0.15, 0.2) is 5.78 Å². The fourth-order valence-corrected chi connectivity index (χ4v) is 2.09. The van der Waals surface area contributed by atoms with E-state index < -0.39 is 18.3 Å². The molecule has 1 amide bonds. The molecule has 0 atom stereocenters. The molecule has 0 aliphatic carbocycles. The normalized spacial score (nSPS) is 10.8. The van der Waals surface area contributed by atoms with Crippen LogP contribution in [0.15, 0.2) is 18.2 Å². The molecule has 2 N–H and O–H groups in total. The molecule has 0 fully saturated rings. The number of ketones is 1. The summed E-state index contributed by atoms with van der Waals surface area (Å²) in [6.45, 7) is 1.66. The zero-order valence-electron chi connectivity index (χ0n) is 11.6. The van der Waals surface area contributed by atoms with Gasteiger partial charge >= 0.3 is 0 Å². The highest BCUT2D eigenvalue weighted by Gasteiger charge is 2.14. The zero-order chi connectivity index (χ0) is 15.4. The van der Waals surface area contributed by atoms with E-state index in [1.54, 1.807) is 10.7 Å². The van der Waals surface area contributed by atoms with Crippen molar-refractivity contribution < 1.29 is 19.1 Å². The number of Topliss-reactive ketones (excluding diaryl/α,β-unsaturated/α-hetero) is 1. The summed E-state index contributed by atoms with van der Waals surface area (Å²) >= 11 is 0. The van der Waals surface area contributed by atoms with Gasteiger partial charge in [0.05, 0.1) is 5.52 Å². The quantitative estimate of drug-likeness (QED) is 0.611. The van der Waals surface area contributed by atoms with E-state index in [1.165, 1.54) is 19.1 Å². The minimum atomic E-state index is -0.551. The molecule has 112 valence electrons. The molecule has 0 radical (unpaired) electrons. The highest BCUT2D eigenvalue weighted by Crippen LogP contribution is 2.20. The van der Waals surface area contributed by atoms with Gasteiger partial charge in [-0.1, -0.05) is 0 Å². The third-order valence-electron chi connectivity index (χ3n) is 3.06. The van der Waals surface area contributed by atoms with Gasteiger partial charge in [-0.15, -0.1) is 0 Å². The molecule has 0 aliphatic heterocycles. The van der Waals surface area contributed by atoms with E-state index in [9.17, 15) is 14.0 Å². The second kappa shape index (κ2) is 6.45. The largest absolute Gasteiger partial charge is 0.387 e. The Morgan fingerprint density at radius 3 is 2.86 bits per heavy atom. The van der Waals surface area contributed by atoms with Crippen LogP contribution in [0.3, 0.4) is 0 Å². The molecule has 0 saturated carbocycles. The lowest BCUT2D eigenvalue weighted by Gasteiger charge is -2.05. The molecule has 2 rings (SSSR count). The smallest absolute Gasteiger partial charge is 0.245 e. The average Bonchev–Trinajstić information content (AvgIpc) is 2.81. The fourth-order valence-electron chi connectivity index (χ4n) is 2.09. The van der Waals surface area contributed by atoms with Crippen molar-refractivity contribution in [3.8, 4) is 0 Å². The van der Waals surface area contributed by atoms with Crippen LogP contribution in [0.4, 0.5) is 4.39 Å². The summed E-state index contributed by atoms with van der Waals surface area (Å²) in [6, 6.07) is 4.17. The number of fused-ring (bicyclic) bond motifs is 1. The van der Waals surface area contributed by atoms with Gasteiger partial charge in [-0.3, -0.25) is 14.3 Å². The van der Waals surface area contributed by atoms with Crippen molar-refractivity contribution in [2.45, 2.75) is 19.9 Å². The average molecular weight is 293 g/mol. The second-order valence-electron chi connectivity index (χ2n) is 4.65. The van der Waals surface area contributed by atoms with Gasteiger partial charge in [0, 0.05) is 25.4 Å². The number of hydrogen-bond acceptors (Lipinski definition) is 4. The summed E-state index contributed by atoms with van der Waals surface area (Å²) in [5.41, 5.74) is 0.859. The molecule has 2 aromatic rings. The third-order valence-corrected chi connectivity index (χ3v) is 3.06. The van der Waals surface area contributed by atoms with Crippen LogP contribution < -0.4 is 5.32 Å². The number of nitrogens with zero attached hydrogens (tertiary/aromatic N) is 2. The number of carbonyl (C=O) groups excluding carboxylic acids is 2. The van der Waals surface area contributed by atoms with Crippen molar-refractivity contribution >= 4 is 22.6 Å². The summed E-state index contributed by atoms with van der Waals surface area (Å²) in [5.74, 6) is -1.03. The van der Waals surface area contributed by atoms with Crippen molar-refractivity contribution in [1.29, 1.82) is 0 Å². The van der Waals surface area contributed by atoms with Crippen LogP contribution in [0, 0.1) is 5.82 Å². The molecular weight excluding hydrogens is 277 g/mol. The Morgan fingerprint density at radius 2 is 2.19 bits per heavy atom. The van der Waals surface area contributed by atoms with Gasteiger partial charge < -0.3 is 10.4 Å². The van der Waals surface area contributed by atoms with Gasteiger partial charge in [-0.05, 0) is 24.6 Å². The zero-order valence-corrected chi connectivity index (χ0v) is 11.6. The molecule has 0 unspecified atom stereocenters. The number of aryl methyl sites for hydroxylation is 1. The molecule has 0 bridgehead atoms. The van der Waals surface area contributed by atoms with Gasteiger partial charge in [0.2, 0.25) is 5.91 Å². The number of halogens is 1. The lowest BCUT2D eigenvalue weighted by Crippen LogP contribution is -2.27. The molecule has 21 heavy (non-hydrogen) atoms. The first kappa shape index (κ1) is 15.1. The number of rotatable bonds is 6. The number of aliphatic hydroxyl groups excluding tert-OH is 1. The Labute approximate surface area is 120 Å². The number of carbonyl (C=O) groups is 2. The van der Waals surface area contributed by atoms with Crippen LogP contribution >= 0.6 is 0 Å². The monoisotopic (exact) mass is 293 g/mol. The Balaban J connectivity index is 2.17. The highest BCUT2D eigenvalue weighted by molar-refractivity contribution is 6.04. The summed E-state index contributed by atoms with van der Waals surface area (Å²) in [4.78, 5) is 22.5. The Bertz CT molecular complexity index is 681. The fraction of sp³-hybridized carbons (Fsp3) is 0.357. The van der Waals surface area contributed by atoms with Gasteiger partial charge in [0.25, 0.3) is 0 Å². The first-order valence-electron chi connectivity index (χ1n) is 6.57. The highest BCUT2D eigenvalue weighted by atomic mass is 19.1. The topological polar surface area (TPSA) is 84.2 Å². The van der Waals surface area contributed by atoms with Crippen molar-refractivity contribution in [2.24, 2.45) is 0 Å². The van der Waals surface area contributed by atoms with E-state index in [0.29, 0.717) is 36.1 Å². The number of amides is 1. The van der Waals surface area contributed by atoms with E-state index in [1.807, 2.05) is 0 Å². The lowest BCUT2D eigenvalue weighted by atomic mass is 10.1. The van der Waals surface area contributed by atoms with E-state index in [4.69, 9.17) is 5.11 Å². The van der Waals surface area contributed by atoms with E-state index in [-0.39, 0.29) is 5.78 Å². The van der Waals surface area contributed by atoms with Crippen molar-refractivity contribution in [3.05, 3.63) is 29.7 Å². The number of hydrogen-bond donors (Lipinski definition) is 2. The predicted molar refractivity (Wildman–Crippen MR) is 74.4 cm³/mol.